The second kappa shape index (κ2) is 3.63. The summed E-state index contributed by atoms with van der Waals surface area (Å²) in [5.74, 6) is -0.583. The van der Waals surface area contributed by atoms with Gasteiger partial charge >= 0.3 is 5.97 Å². The molecule has 0 aliphatic carbocycles. The molecule has 0 fully saturated rings. The van der Waals surface area contributed by atoms with E-state index in [0.717, 1.165) is 4.88 Å². The first kappa shape index (κ1) is 10.7. The van der Waals surface area contributed by atoms with E-state index in [1.165, 1.54) is 29.9 Å². The molecule has 0 aliphatic rings. The zero-order valence-electron chi connectivity index (χ0n) is 8.65. The van der Waals surface area contributed by atoms with E-state index < -0.39 is 11.5 Å². The Hall–Kier alpha value is -1.83. The van der Waals surface area contributed by atoms with Crippen LogP contribution in [-0.4, -0.2) is 36.3 Å². The third-order valence-corrected chi connectivity index (χ3v) is 2.94. The van der Waals surface area contributed by atoms with Gasteiger partial charge in [0.1, 0.15) is 0 Å². The van der Waals surface area contributed by atoms with Crippen LogP contribution in [0.15, 0.2) is 11.7 Å². The van der Waals surface area contributed by atoms with E-state index in [1.54, 1.807) is 11.7 Å². The van der Waals surface area contributed by atoms with Crippen LogP contribution in [0.5, 0.6) is 0 Å². The van der Waals surface area contributed by atoms with Crippen molar-refractivity contribution in [2.75, 3.05) is 0 Å². The molecule has 2 aromatic rings. The van der Waals surface area contributed by atoms with Gasteiger partial charge < -0.3 is 5.11 Å². The van der Waals surface area contributed by atoms with Crippen LogP contribution in [0, 0.1) is 0 Å². The Labute approximate surface area is 94.7 Å². The molecule has 1 N–H and O–H groups in total. The van der Waals surface area contributed by atoms with Gasteiger partial charge in [-0.25, -0.2) is 9.48 Å². The Morgan fingerprint density at radius 2 is 2.31 bits per heavy atom. The van der Waals surface area contributed by atoms with Gasteiger partial charge in [0.2, 0.25) is 0 Å². The van der Waals surface area contributed by atoms with E-state index in [4.69, 9.17) is 5.11 Å². The summed E-state index contributed by atoms with van der Waals surface area (Å²) in [7, 11) is 0. The molecule has 7 nitrogen and oxygen atoms in total. The quantitative estimate of drug-likeness (QED) is 0.843. The first-order chi connectivity index (χ1) is 7.53. The molecule has 0 saturated carbocycles. The van der Waals surface area contributed by atoms with Crippen molar-refractivity contribution < 1.29 is 9.90 Å². The average Bonchev–Trinajstić information content (AvgIpc) is 2.88. The number of tetrazole rings is 1. The standard InChI is InChI=1S/C8H9N5O2S/c1-8(2,7(14)15)13-6(10-11-12-13)5-3-9-4-16-5/h3-4H,1-2H3,(H,14,15). The van der Waals surface area contributed by atoms with Crippen LogP contribution in [0.3, 0.4) is 0 Å². The Kier molecular flexibility index (Phi) is 2.43. The van der Waals surface area contributed by atoms with Crippen molar-refractivity contribution in [3.8, 4) is 10.7 Å². The lowest BCUT2D eigenvalue weighted by atomic mass is 10.1. The lowest BCUT2D eigenvalue weighted by Gasteiger charge is -2.19. The summed E-state index contributed by atoms with van der Waals surface area (Å²) in [6.07, 6.45) is 1.60. The van der Waals surface area contributed by atoms with Crippen LogP contribution in [-0.2, 0) is 10.3 Å². The van der Waals surface area contributed by atoms with Gasteiger partial charge in [0, 0.05) is 6.20 Å². The Balaban J connectivity index is 2.52. The molecular formula is C8H9N5O2S. The van der Waals surface area contributed by atoms with E-state index in [1.807, 2.05) is 0 Å². The third kappa shape index (κ3) is 1.56. The number of aliphatic carboxylic acids is 1. The lowest BCUT2D eigenvalue weighted by molar-refractivity contribution is -0.146. The summed E-state index contributed by atoms with van der Waals surface area (Å²) < 4.78 is 1.28. The summed E-state index contributed by atoms with van der Waals surface area (Å²) in [5.41, 5.74) is 0.449. The van der Waals surface area contributed by atoms with Gasteiger partial charge in [-0.15, -0.1) is 16.4 Å². The topological polar surface area (TPSA) is 93.8 Å². The molecule has 0 amide bonds. The maximum Gasteiger partial charge on any atom is 0.331 e. The fourth-order valence-electron chi connectivity index (χ4n) is 1.13. The fourth-order valence-corrected chi connectivity index (χ4v) is 1.72. The molecule has 0 aromatic carbocycles. The van der Waals surface area contributed by atoms with E-state index in [9.17, 15) is 4.79 Å². The molecule has 0 spiro atoms. The van der Waals surface area contributed by atoms with Gasteiger partial charge in [-0.2, -0.15) is 0 Å². The first-order valence-electron chi connectivity index (χ1n) is 4.44. The highest BCUT2D eigenvalue weighted by molar-refractivity contribution is 7.13. The van der Waals surface area contributed by atoms with E-state index in [-0.39, 0.29) is 0 Å². The summed E-state index contributed by atoms with van der Waals surface area (Å²) in [4.78, 5) is 15.8. The monoisotopic (exact) mass is 239 g/mol. The summed E-state index contributed by atoms with van der Waals surface area (Å²) in [6, 6.07) is 0. The Morgan fingerprint density at radius 1 is 1.56 bits per heavy atom. The SMILES string of the molecule is CC(C)(C(=O)O)n1nnnc1-c1cncs1. The lowest BCUT2D eigenvalue weighted by Crippen LogP contribution is -2.37. The van der Waals surface area contributed by atoms with Gasteiger partial charge in [0.15, 0.2) is 11.4 Å². The zero-order chi connectivity index (χ0) is 11.8. The minimum Gasteiger partial charge on any atom is -0.479 e. The summed E-state index contributed by atoms with van der Waals surface area (Å²) >= 11 is 1.36. The number of carbonyl (C=O) groups is 1. The third-order valence-electron chi connectivity index (χ3n) is 2.18. The van der Waals surface area contributed by atoms with E-state index in [0.29, 0.717) is 5.82 Å². The van der Waals surface area contributed by atoms with Crippen molar-refractivity contribution in [1.29, 1.82) is 0 Å². The van der Waals surface area contributed by atoms with Crippen molar-refractivity contribution in [3.05, 3.63) is 11.7 Å². The molecule has 0 atom stereocenters. The molecule has 0 aliphatic heterocycles. The van der Waals surface area contributed by atoms with Crippen molar-refractivity contribution in [2.45, 2.75) is 19.4 Å². The first-order valence-corrected chi connectivity index (χ1v) is 5.32. The number of hydrogen-bond acceptors (Lipinski definition) is 6. The summed E-state index contributed by atoms with van der Waals surface area (Å²) in [5, 5.41) is 20.1. The highest BCUT2D eigenvalue weighted by Crippen LogP contribution is 2.25. The average molecular weight is 239 g/mol. The number of nitrogens with zero attached hydrogens (tertiary/aromatic N) is 5. The smallest absolute Gasteiger partial charge is 0.331 e. The molecular weight excluding hydrogens is 230 g/mol. The van der Waals surface area contributed by atoms with Crippen LogP contribution >= 0.6 is 11.3 Å². The van der Waals surface area contributed by atoms with Crippen molar-refractivity contribution >= 4 is 17.3 Å². The number of carboxylic acids is 1. The molecule has 2 rings (SSSR count). The van der Waals surface area contributed by atoms with Crippen LogP contribution < -0.4 is 0 Å². The van der Waals surface area contributed by atoms with E-state index >= 15 is 0 Å². The Bertz CT molecular complexity index is 504. The Morgan fingerprint density at radius 3 is 2.88 bits per heavy atom. The second-order valence-corrected chi connectivity index (χ2v) is 4.53. The fraction of sp³-hybridized carbons (Fsp3) is 0.375. The number of carboxylic acid groups (broad SMARTS) is 1. The summed E-state index contributed by atoms with van der Waals surface area (Å²) in [6.45, 7) is 3.08. The number of thiazole rings is 1. The maximum atomic E-state index is 11.1. The predicted octanol–water partition coefficient (Wildman–Crippen LogP) is 0.616. The normalized spacial score (nSPS) is 11.6. The van der Waals surface area contributed by atoms with Crippen LogP contribution in [0.4, 0.5) is 0 Å². The number of hydrogen-bond donors (Lipinski definition) is 1. The molecule has 0 radical (unpaired) electrons. The van der Waals surface area contributed by atoms with Crippen molar-refractivity contribution in [2.24, 2.45) is 0 Å². The van der Waals surface area contributed by atoms with Crippen LogP contribution in [0.25, 0.3) is 10.7 Å². The molecule has 2 heterocycles. The minimum absolute atomic E-state index is 0.412. The molecule has 8 heteroatoms. The molecule has 16 heavy (non-hydrogen) atoms. The molecule has 0 saturated heterocycles. The van der Waals surface area contributed by atoms with Gasteiger partial charge in [-0.05, 0) is 24.3 Å². The molecule has 0 bridgehead atoms. The minimum atomic E-state index is -1.19. The van der Waals surface area contributed by atoms with Gasteiger partial charge in [-0.1, -0.05) is 0 Å². The van der Waals surface area contributed by atoms with Crippen molar-refractivity contribution in [3.63, 3.8) is 0 Å². The highest BCUT2D eigenvalue weighted by atomic mass is 32.1. The van der Waals surface area contributed by atoms with Gasteiger partial charge in [-0.3, -0.25) is 4.98 Å². The van der Waals surface area contributed by atoms with Crippen LogP contribution in [0.2, 0.25) is 0 Å². The second-order valence-electron chi connectivity index (χ2n) is 3.64. The molecule has 84 valence electrons. The van der Waals surface area contributed by atoms with E-state index in [2.05, 4.69) is 20.5 Å². The van der Waals surface area contributed by atoms with Crippen LogP contribution in [0.1, 0.15) is 13.8 Å². The number of rotatable bonds is 3. The molecule has 2 aromatic heterocycles. The zero-order valence-corrected chi connectivity index (χ0v) is 9.47. The number of aromatic nitrogens is 5. The molecule has 0 unspecified atom stereocenters. The maximum absolute atomic E-state index is 11.1. The predicted molar refractivity (Wildman–Crippen MR) is 55.9 cm³/mol. The highest BCUT2D eigenvalue weighted by Gasteiger charge is 2.34. The van der Waals surface area contributed by atoms with Crippen molar-refractivity contribution in [1.82, 2.24) is 25.2 Å². The van der Waals surface area contributed by atoms with Gasteiger partial charge in [0.25, 0.3) is 0 Å². The van der Waals surface area contributed by atoms with Gasteiger partial charge in [0.05, 0.1) is 10.4 Å². The largest absolute Gasteiger partial charge is 0.479 e.